The van der Waals surface area contributed by atoms with Gasteiger partial charge in [0.15, 0.2) is 0 Å². The van der Waals surface area contributed by atoms with E-state index in [9.17, 15) is 4.79 Å². The third kappa shape index (κ3) is 2.19. The van der Waals surface area contributed by atoms with Crippen molar-refractivity contribution in [2.45, 2.75) is 25.3 Å². The smallest absolute Gasteiger partial charge is 0.236 e. The van der Waals surface area contributed by atoms with Gasteiger partial charge < -0.3 is 10.6 Å². The molecule has 0 radical (unpaired) electrons. The zero-order valence-corrected chi connectivity index (χ0v) is 9.17. The third-order valence-electron chi connectivity index (χ3n) is 2.92. The van der Waals surface area contributed by atoms with E-state index in [-0.39, 0.29) is 18.5 Å². The number of carbonyl (C=O) groups is 1. The van der Waals surface area contributed by atoms with Crippen molar-refractivity contribution in [2.24, 2.45) is 5.73 Å². The average molecular weight is 220 g/mol. The molecule has 0 aromatic carbocycles. The number of carbonyl (C=O) groups excluding carboxylic acids is 1. The molecule has 1 unspecified atom stereocenters. The first-order valence-electron chi connectivity index (χ1n) is 5.58. The number of aromatic nitrogens is 2. The Hall–Kier alpha value is -1.49. The summed E-state index contributed by atoms with van der Waals surface area (Å²) in [6.45, 7) is 0.841. The summed E-state index contributed by atoms with van der Waals surface area (Å²) < 4.78 is 0. The summed E-state index contributed by atoms with van der Waals surface area (Å²) in [5.41, 5.74) is 6.28. The molecule has 16 heavy (non-hydrogen) atoms. The lowest BCUT2D eigenvalue weighted by molar-refractivity contribution is -0.133. The molecule has 1 amide bonds. The van der Waals surface area contributed by atoms with Crippen LogP contribution in [0.15, 0.2) is 18.6 Å². The lowest BCUT2D eigenvalue weighted by Crippen LogP contribution is -2.42. The highest BCUT2D eigenvalue weighted by atomic mass is 16.2. The maximum atomic E-state index is 11.7. The van der Waals surface area contributed by atoms with Gasteiger partial charge in [-0.05, 0) is 19.3 Å². The molecule has 0 saturated carbocycles. The van der Waals surface area contributed by atoms with Crippen LogP contribution in [0.1, 0.15) is 31.0 Å². The Morgan fingerprint density at radius 2 is 2.38 bits per heavy atom. The van der Waals surface area contributed by atoms with Crippen LogP contribution < -0.4 is 5.73 Å². The van der Waals surface area contributed by atoms with Gasteiger partial charge in [-0.1, -0.05) is 0 Å². The predicted molar refractivity (Wildman–Crippen MR) is 59.4 cm³/mol. The first-order valence-corrected chi connectivity index (χ1v) is 5.58. The second kappa shape index (κ2) is 5.03. The van der Waals surface area contributed by atoms with Crippen LogP contribution in [0, 0.1) is 0 Å². The zero-order valence-electron chi connectivity index (χ0n) is 9.17. The van der Waals surface area contributed by atoms with Crippen LogP contribution >= 0.6 is 0 Å². The van der Waals surface area contributed by atoms with Crippen molar-refractivity contribution in [1.82, 2.24) is 14.9 Å². The third-order valence-corrected chi connectivity index (χ3v) is 2.92. The fourth-order valence-corrected chi connectivity index (χ4v) is 2.14. The van der Waals surface area contributed by atoms with E-state index < -0.39 is 0 Å². The summed E-state index contributed by atoms with van der Waals surface area (Å²) in [7, 11) is 0. The molecular formula is C11H16N4O. The number of piperidine rings is 1. The summed E-state index contributed by atoms with van der Waals surface area (Å²) in [5.74, 6) is -0.00430. The molecule has 1 atom stereocenters. The Kier molecular flexibility index (Phi) is 3.46. The SMILES string of the molecule is NCC(=O)N1CCCCC1c1cnccn1. The number of rotatable bonds is 2. The molecular weight excluding hydrogens is 204 g/mol. The lowest BCUT2D eigenvalue weighted by atomic mass is 9.99. The van der Waals surface area contributed by atoms with Crippen molar-refractivity contribution < 1.29 is 4.79 Å². The minimum absolute atomic E-state index is 0.00430. The van der Waals surface area contributed by atoms with E-state index >= 15 is 0 Å². The molecule has 2 heterocycles. The second-order valence-corrected chi connectivity index (χ2v) is 3.93. The summed E-state index contributed by atoms with van der Waals surface area (Å²) in [4.78, 5) is 21.9. The number of nitrogens with zero attached hydrogens (tertiary/aromatic N) is 3. The maximum Gasteiger partial charge on any atom is 0.236 e. The molecule has 1 aliphatic rings. The molecule has 0 spiro atoms. The molecule has 0 bridgehead atoms. The Balaban J connectivity index is 2.20. The number of nitrogens with two attached hydrogens (primary N) is 1. The fourth-order valence-electron chi connectivity index (χ4n) is 2.14. The van der Waals surface area contributed by atoms with Crippen LogP contribution in [0.5, 0.6) is 0 Å². The van der Waals surface area contributed by atoms with E-state index in [1.807, 2.05) is 4.90 Å². The quantitative estimate of drug-likeness (QED) is 0.787. The standard InChI is InChI=1S/C11H16N4O/c12-7-11(16)15-6-2-1-3-10(15)9-8-13-4-5-14-9/h4-5,8,10H,1-3,6-7,12H2. The number of amides is 1. The first-order chi connectivity index (χ1) is 7.83. The van der Waals surface area contributed by atoms with Gasteiger partial charge >= 0.3 is 0 Å². The highest BCUT2D eigenvalue weighted by molar-refractivity contribution is 5.78. The molecule has 5 nitrogen and oxygen atoms in total. The Bertz CT molecular complexity index is 354. The van der Waals surface area contributed by atoms with E-state index in [1.165, 1.54) is 0 Å². The second-order valence-electron chi connectivity index (χ2n) is 3.93. The number of hydrogen-bond donors (Lipinski definition) is 1. The molecule has 2 rings (SSSR count). The van der Waals surface area contributed by atoms with Gasteiger partial charge in [-0.15, -0.1) is 0 Å². The number of hydrogen-bond acceptors (Lipinski definition) is 4. The average Bonchev–Trinajstić information content (AvgIpc) is 2.39. The highest BCUT2D eigenvalue weighted by Crippen LogP contribution is 2.28. The van der Waals surface area contributed by atoms with Gasteiger partial charge in [0.25, 0.3) is 0 Å². The molecule has 1 aliphatic heterocycles. The van der Waals surface area contributed by atoms with Crippen molar-refractivity contribution in [2.75, 3.05) is 13.1 Å². The summed E-state index contributed by atoms with van der Waals surface area (Å²) >= 11 is 0. The monoisotopic (exact) mass is 220 g/mol. The van der Waals surface area contributed by atoms with Gasteiger partial charge in [-0.2, -0.15) is 0 Å². The molecule has 1 aromatic rings. The minimum Gasteiger partial charge on any atom is -0.333 e. The van der Waals surface area contributed by atoms with Crippen molar-refractivity contribution in [3.8, 4) is 0 Å². The Morgan fingerprint density at radius 1 is 1.50 bits per heavy atom. The molecule has 0 aliphatic carbocycles. The molecule has 2 N–H and O–H groups in total. The first kappa shape index (κ1) is 11.0. The van der Waals surface area contributed by atoms with Crippen LogP contribution in [0.25, 0.3) is 0 Å². The van der Waals surface area contributed by atoms with Gasteiger partial charge in [-0.3, -0.25) is 14.8 Å². The molecule has 86 valence electrons. The molecule has 5 heteroatoms. The van der Waals surface area contributed by atoms with E-state index in [0.717, 1.165) is 31.5 Å². The normalized spacial score (nSPS) is 20.8. The van der Waals surface area contributed by atoms with Crippen LogP contribution in [0.4, 0.5) is 0 Å². The van der Waals surface area contributed by atoms with Gasteiger partial charge in [0.1, 0.15) is 0 Å². The van der Waals surface area contributed by atoms with Crippen molar-refractivity contribution in [3.05, 3.63) is 24.3 Å². The summed E-state index contributed by atoms with van der Waals surface area (Å²) in [6.07, 6.45) is 8.14. The summed E-state index contributed by atoms with van der Waals surface area (Å²) in [5, 5.41) is 0. The van der Waals surface area contributed by atoms with Crippen molar-refractivity contribution in [3.63, 3.8) is 0 Å². The van der Waals surface area contributed by atoms with Gasteiger partial charge in [0, 0.05) is 18.9 Å². The Morgan fingerprint density at radius 3 is 3.06 bits per heavy atom. The van der Waals surface area contributed by atoms with Crippen LogP contribution in [-0.2, 0) is 4.79 Å². The predicted octanol–water partition coefficient (Wildman–Crippen LogP) is 0.489. The minimum atomic E-state index is -0.00430. The van der Waals surface area contributed by atoms with E-state index in [0.29, 0.717) is 0 Å². The van der Waals surface area contributed by atoms with Crippen LogP contribution in [0.2, 0.25) is 0 Å². The van der Waals surface area contributed by atoms with Crippen LogP contribution in [-0.4, -0.2) is 33.9 Å². The van der Waals surface area contributed by atoms with E-state index in [2.05, 4.69) is 9.97 Å². The largest absolute Gasteiger partial charge is 0.333 e. The van der Waals surface area contributed by atoms with E-state index in [1.54, 1.807) is 18.6 Å². The maximum absolute atomic E-state index is 11.7. The van der Waals surface area contributed by atoms with E-state index in [4.69, 9.17) is 5.73 Å². The molecule has 1 fully saturated rings. The van der Waals surface area contributed by atoms with Crippen molar-refractivity contribution >= 4 is 5.91 Å². The topological polar surface area (TPSA) is 72.1 Å². The van der Waals surface area contributed by atoms with Gasteiger partial charge in [-0.25, -0.2) is 0 Å². The lowest BCUT2D eigenvalue weighted by Gasteiger charge is -2.34. The summed E-state index contributed by atoms with van der Waals surface area (Å²) in [6, 6.07) is 0.0542. The Labute approximate surface area is 94.7 Å². The molecule has 1 saturated heterocycles. The van der Waals surface area contributed by atoms with Crippen molar-refractivity contribution in [1.29, 1.82) is 0 Å². The van der Waals surface area contributed by atoms with Gasteiger partial charge in [0.05, 0.1) is 24.5 Å². The molecule has 1 aromatic heterocycles. The van der Waals surface area contributed by atoms with Gasteiger partial charge in [0.2, 0.25) is 5.91 Å². The highest BCUT2D eigenvalue weighted by Gasteiger charge is 2.27. The zero-order chi connectivity index (χ0) is 11.4. The van der Waals surface area contributed by atoms with Crippen LogP contribution in [0.3, 0.4) is 0 Å². The fraction of sp³-hybridized carbons (Fsp3) is 0.545. The number of likely N-dealkylation sites (tertiary alicyclic amines) is 1.